The fraction of sp³-hybridized carbons (Fsp3) is 0.921. The number of ether oxygens (including phenoxy) is 2. The number of allylic oxidation sites excluding steroid dienone is 2. The Morgan fingerprint density at radius 3 is 1.55 bits per heavy atom. The van der Waals surface area contributed by atoms with Gasteiger partial charge >= 0.3 is 13.8 Å². The molecule has 1 aliphatic carbocycles. The maximum atomic E-state index is 12.7. The Bertz CT molecular complexity index is 905. The van der Waals surface area contributed by atoms with Gasteiger partial charge in [0.2, 0.25) is 0 Å². The van der Waals surface area contributed by atoms with Crippen LogP contribution in [0.25, 0.3) is 0 Å². The summed E-state index contributed by atoms with van der Waals surface area (Å²) in [4.78, 5) is 23.0. The van der Waals surface area contributed by atoms with E-state index in [-0.39, 0.29) is 13.0 Å². The predicted molar refractivity (Wildman–Crippen MR) is 198 cm³/mol. The van der Waals surface area contributed by atoms with Crippen molar-refractivity contribution in [3.05, 3.63) is 12.2 Å². The summed E-state index contributed by atoms with van der Waals surface area (Å²) in [5, 5.41) is 49.9. The van der Waals surface area contributed by atoms with Crippen LogP contribution in [0.5, 0.6) is 0 Å². The molecule has 1 rings (SSSR count). The highest BCUT2D eigenvalue weighted by Gasteiger charge is 2.51. The first-order chi connectivity index (χ1) is 24.5. The van der Waals surface area contributed by atoms with Crippen molar-refractivity contribution >= 4 is 13.8 Å². The van der Waals surface area contributed by atoms with E-state index >= 15 is 0 Å². The Labute approximate surface area is 307 Å². The third-order valence-electron chi connectivity index (χ3n) is 9.39. The van der Waals surface area contributed by atoms with Gasteiger partial charge in [0.15, 0.2) is 0 Å². The Kier molecular flexibility index (Phi) is 28.7. The lowest BCUT2D eigenvalue weighted by atomic mass is 9.85. The number of unbranched alkanes of at least 4 members (excludes halogenated alkanes) is 19. The Hall–Kier alpha value is -0.920. The van der Waals surface area contributed by atoms with Crippen molar-refractivity contribution < 1.29 is 58.3 Å². The van der Waals surface area contributed by atoms with Gasteiger partial charge in [0.25, 0.3) is 0 Å². The summed E-state index contributed by atoms with van der Waals surface area (Å²) in [5.74, 6) is -0.486. The van der Waals surface area contributed by atoms with Gasteiger partial charge in [-0.1, -0.05) is 129 Å². The molecule has 51 heavy (non-hydrogen) atoms. The number of aliphatic hydroxyl groups excluding tert-OH is 5. The van der Waals surface area contributed by atoms with Crippen LogP contribution in [0.4, 0.5) is 0 Å². The van der Waals surface area contributed by atoms with E-state index in [2.05, 4.69) is 26.0 Å². The van der Waals surface area contributed by atoms with Crippen LogP contribution in [0.3, 0.4) is 0 Å². The van der Waals surface area contributed by atoms with Crippen LogP contribution in [0, 0.1) is 0 Å². The first-order valence-corrected chi connectivity index (χ1v) is 21.5. The molecule has 0 aromatic carbocycles. The highest BCUT2D eigenvalue weighted by atomic mass is 31.2. The topological polar surface area (TPSA) is 192 Å². The SMILES string of the molecule is CCCCCCCCC/C=C\CCCCCCCC(=O)OC(COCCCCCCCCCC)COP(=O)(O)OC1C(O)C(O)C(O)C(O)C1O. The molecule has 6 N–H and O–H groups in total. The molecule has 0 bridgehead atoms. The fourth-order valence-corrected chi connectivity index (χ4v) is 7.09. The summed E-state index contributed by atoms with van der Waals surface area (Å²) >= 11 is 0. The number of carbonyl (C=O) groups excluding carboxylic acids is 1. The van der Waals surface area contributed by atoms with Gasteiger partial charge in [0.05, 0.1) is 13.2 Å². The van der Waals surface area contributed by atoms with Crippen molar-refractivity contribution in [3.8, 4) is 0 Å². The molecule has 0 spiro atoms. The average Bonchev–Trinajstić information content (AvgIpc) is 3.11. The van der Waals surface area contributed by atoms with Gasteiger partial charge in [0, 0.05) is 13.0 Å². The van der Waals surface area contributed by atoms with E-state index in [1.54, 1.807) is 0 Å². The van der Waals surface area contributed by atoms with Gasteiger partial charge in [-0.2, -0.15) is 0 Å². The first-order valence-electron chi connectivity index (χ1n) is 20.0. The molecule has 6 unspecified atom stereocenters. The van der Waals surface area contributed by atoms with E-state index in [4.69, 9.17) is 18.5 Å². The number of phosphoric ester groups is 1. The fourth-order valence-electron chi connectivity index (χ4n) is 6.11. The van der Waals surface area contributed by atoms with Gasteiger partial charge in [-0.25, -0.2) is 4.57 Å². The molecule has 0 radical (unpaired) electrons. The molecule has 0 aromatic heterocycles. The summed E-state index contributed by atoms with van der Waals surface area (Å²) < 4.78 is 33.9. The molecular weight excluding hydrogens is 679 g/mol. The summed E-state index contributed by atoms with van der Waals surface area (Å²) in [6, 6.07) is 0. The summed E-state index contributed by atoms with van der Waals surface area (Å²) in [6.45, 7) is 4.20. The molecule has 0 aliphatic heterocycles. The normalized spacial score (nSPS) is 24.2. The molecule has 0 aromatic rings. The van der Waals surface area contributed by atoms with Gasteiger partial charge < -0.3 is 39.9 Å². The van der Waals surface area contributed by atoms with Crippen LogP contribution < -0.4 is 0 Å². The Morgan fingerprint density at radius 1 is 0.608 bits per heavy atom. The van der Waals surface area contributed by atoms with Crippen molar-refractivity contribution in [1.29, 1.82) is 0 Å². The third-order valence-corrected chi connectivity index (χ3v) is 10.4. The third kappa shape index (κ3) is 23.5. The van der Waals surface area contributed by atoms with E-state index in [1.807, 2.05) is 0 Å². The number of esters is 1. The quantitative estimate of drug-likeness (QED) is 0.0178. The molecule has 302 valence electrons. The van der Waals surface area contributed by atoms with Crippen molar-refractivity contribution in [2.24, 2.45) is 0 Å². The monoisotopic (exact) mass is 752 g/mol. The largest absolute Gasteiger partial charge is 0.472 e. The van der Waals surface area contributed by atoms with E-state index in [9.17, 15) is 39.8 Å². The predicted octanol–water partition coefficient (Wildman–Crippen LogP) is 6.80. The lowest BCUT2D eigenvalue weighted by molar-refractivity contribution is -0.220. The zero-order chi connectivity index (χ0) is 37.7. The van der Waals surface area contributed by atoms with Crippen molar-refractivity contribution in [1.82, 2.24) is 0 Å². The van der Waals surface area contributed by atoms with E-state index in [1.165, 1.54) is 77.0 Å². The van der Waals surface area contributed by atoms with E-state index in [0.717, 1.165) is 57.8 Å². The molecule has 0 amide bonds. The van der Waals surface area contributed by atoms with Crippen molar-refractivity contribution in [2.75, 3.05) is 19.8 Å². The molecule has 12 nitrogen and oxygen atoms in total. The van der Waals surface area contributed by atoms with Crippen LogP contribution in [-0.2, 0) is 27.9 Å². The van der Waals surface area contributed by atoms with E-state index < -0.39 is 63.1 Å². The summed E-state index contributed by atoms with van der Waals surface area (Å²) in [6.07, 6.45) is 17.3. The van der Waals surface area contributed by atoms with Crippen LogP contribution >= 0.6 is 7.82 Å². The van der Waals surface area contributed by atoms with Crippen LogP contribution in [0.15, 0.2) is 12.2 Å². The minimum Gasteiger partial charge on any atom is -0.457 e. The summed E-state index contributed by atoms with van der Waals surface area (Å²) in [7, 11) is -5.00. The average molecular weight is 753 g/mol. The van der Waals surface area contributed by atoms with E-state index in [0.29, 0.717) is 13.0 Å². The number of hydrogen-bond acceptors (Lipinski definition) is 11. The molecular formula is C38H73O12P. The molecule has 0 heterocycles. The second-order valence-electron chi connectivity index (χ2n) is 14.1. The number of aliphatic hydroxyl groups is 5. The smallest absolute Gasteiger partial charge is 0.457 e. The lowest BCUT2D eigenvalue weighted by Crippen LogP contribution is -2.64. The highest BCUT2D eigenvalue weighted by Crippen LogP contribution is 2.47. The Morgan fingerprint density at radius 2 is 1.04 bits per heavy atom. The van der Waals surface area contributed by atoms with Crippen molar-refractivity contribution in [2.45, 2.75) is 204 Å². The highest BCUT2D eigenvalue weighted by molar-refractivity contribution is 7.47. The zero-order valence-electron chi connectivity index (χ0n) is 31.7. The molecule has 0 saturated heterocycles. The molecule has 6 atom stereocenters. The lowest BCUT2D eigenvalue weighted by Gasteiger charge is -2.41. The van der Waals surface area contributed by atoms with Crippen LogP contribution in [-0.4, -0.2) is 98.9 Å². The molecule has 1 aliphatic rings. The minimum atomic E-state index is -5.00. The number of phosphoric acid groups is 1. The second kappa shape index (κ2) is 30.4. The first kappa shape index (κ1) is 48.1. The summed E-state index contributed by atoms with van der Waals surface area (Å²) in [5.41, 5.74) is 0. The molecule has 13 heteroatoms. The number of hydrogen-bond donors (Lipinski definition) is 6. The van der Waals surface area contributed by atoms with Crippen molar-refractivity contribution in [3.63, 3.8) is 0 Å². The Balaban J connectivity index is 2.43. The van der Waals surface area contributed by atoms with Crippen LogP contribution in [0.2, 0.25) is 0 Å². The van der Waals surface area contributed by atoms with Gasteiger partial charge in [-0.3, -0.25) is 13.8 Å². The second-order valence-corrected chi connectivity index (χ2v) is 15.5. The maximum absolute atomic E-state index is 12.7. The molecule has 1 saturated carbocycles. The minimum absolute atomic E-state index is 0.0764. The van der Waals surface area contributed by atoms with Gasteiger partial charge in [-0.15, -0.1) is 0 Å². The number of carbonyl (C=O) groups is 1. The molecule has 1 fully saturated rings. The zero-order valence-corrected chi connectivity index (χ0v) is 32.6. The van der Waals surface area contributed by atoms with Gasteiger partial charge in [0.1, 0.15) is 42.7 Å². The maximum Gasteiger partial charge on any atom is 0.472 e. The van der Waals surface area contributed by atoms with Crippen LogP contribution in [0.1, 0.15) is 162 Å². The standard InChI is InChI=1S/C38H73O12P/c1-3-5-7-9-11-13-14-15-16-17-18-19-20-21-23-25-27-32(39)49-31(29-47-28-26-24-22-12-10-8-6-4-2)30-48-51(45,46)50-38-36(43)34(41)33(40)35(42)37(38)44/h16-17,31,33-38,40-44H,3-15,18-30H2,1-2H3,(H,45,46)/b17-16-. The number of rotatable bonds is 33. The van der Waals surface area contributed by atoms with Gasteiger partial charge in [-0.05, 0) is 38.5 Å².